The highest BCUT2D eigenvalue weighted by Crippen LogP contribution is 2.27. The zero-order valence-corrected chi connectivity index (χ0v) is 11.5. The van der Waals surface area contributed by atoms with Crippen LogP contribution in [0.25, 0.3) is 0 Å². The number of hydrogen-bond acceptors (Lipinski definition) is 5. The molecule has 0 saturated carbocycles. The highest BCUT2D eigenvalue weighted by Gasteiger charge is 2.38. The topological polar surface area (TPSA) is 71.5 Å². The molecule has 1 fully saturated rings. The van der Waals surface area contributed by atoms with E-state index >= 15 is 0 Å². The van der Waals surface area contributed by atoms with Crippen LogP contribution in [0.3, 0.4) is 0 Å². The number of amides is 1. The Labute approximate surface area is 116 Å². The second-order valence-corrected chi connectivity index (χ2v) is 5.47. The number of nitrogens with zero attached hydrogens (tertiary/aromatic N) is 1. The fourth-order valence-electron chi connectivity index (χ4n) is 1.78. The van der Waals surface area contributed by atoms with Crippen molar-refractivity contribution in [3.05, 3.63) is 11.1 Å². The van der Waals surface area contributed by atoms with Crippen LogP contribution in [0.2, 0.25) is 0 Å². The number of ether oxygens (including phenoxy) is 1. The summed E-state index contributed by atoms with van der Waals surface area (Å²) in [5, 5.41) is 11.9. The molecule has 0 spiro atoms. The molecule has 1 aromatic rings. The Morgan fingerprint density at radius 3 is 3.26 bits per heavy atom. The van der Waals surface area contributed by atoms with E-state index in [9.17, 15) is 4.79 Å². The van der Waals surface area contributed by atoms with Crippen molar-refractivity contribution < 1.29 is 14.6 Å². The van der Waals surface area contributed by atoms with Crippen molar-refractivity contribution in [2.45, 2.75) is 31.8 Å². The first-order valence-electron chi connectivity index (χ1n) is 6.15. The van der Waals surface area contributed by atoms with Crippen LogP contribution in [0.4, 0.5) is 5.13 Å². The molecule has 0 radical (unpaired) electrons. The van der Waals surface area contributed by atoms with Gasteiger partial charge in [-0.3, -0.25) is 10.1 Å². The van der Waals surface area contributed by atoms with Gasteiger partial charge in [-0.1, -0.05) is 23.2 Å². The summed E-state index contributed by atoms with van der Waals surface area (Å²) in [6, 6.07) is 0. The number of aromatic nitrogens is 1. The SMILES string of the molecule is CC1(C(=O)Nc2ncc(C#CCCO)s2)CCCO1. The molecular weight excluding hydrogens is 264 g/mol. The summed E-state index contributed by atoms with van der Waals surface area (Å²) in [6.45, 7) is 2.47. The molecule has 0 aromatic carbocycles. The van der Waals surface area contributed by atoms with Crippen molar-refractivity contribution in [1.82, 2.24) is 4.98 Å². The summed E-state index contributed by atoms with van der Waals surface area (Å²) < 4.78 is 5.47. The minimum atomic E-state index is -0.742. The summed E-state index contributed by atoms with van der Waals surface area (Å²) in [7, 11) is 0. The highest BCUT2D eigenvalue weighted by molar-refractivity contribution is 7.16. The molecule has 1 aromatic heterocycles. The first-order chi connectivity index (χ1) is 9.14. The Balaban J connectivity index is 1.97. The largest absolute Gasteiger partial charge is 0.395 e. The van der Waals surface area contributed by atoms with Gasteiger partial charge in [-0.15, -0.1) is 0 Å². The van der Waals surface area contributed by atoms with E-state index in [1.807, 2.05) is 0 Å². The van der Waals surface area contributed by atoms with Crippen LogP contribution in [0.5, 0.6) is 0 Å². The van der Waals surface area contributed by atoms with E-state index in [1.165, 1.54) is 11.3 Å². The van der Waals surface area contributed by atoms with E-state index in [1.54, 1.807) is 13.1 Å². The van der Waals surface area contributed by atoms with Crippen LogP contribution in [0.1, 0.15) is 31.1 Å². The van der Waals surface area contributed by atoms with Gasteiger partial charge in [-0.25, -0.2) is 4.98 Å². The summed E-state index contributed by atoms with van der Waals surface area (Å²) in [6.07, 6.45) is 3.68. The molecule has 5 nitrogen and oxygen atoms in total. The van der Waals surface area contributed by atoms with Crippen molar-refractivity contribution in [3.8, 4) is 11.8 Å². The third kappa shape index (κ3) is 3.53. The van der Waals surface area contributed by atoms with Crippen molar-refractivity contribution in [3.63, 3.8) is 0 Å². The summed E-state index contributed by atoms with van der Waals surface area (Å²) in [5.74, 6) is 5.54. The molecule has 2 rings (SSSR count). The van der Waals surface area contributed by atoms with Gasteiger partial charge in [0.05, 0.1) is 17.7 Å². The van der Waals surface area contributed by atoms with Crippen LogP contribution >= 0.6 is 11.3 Å². The zero-order valence-electron chi connectivity index (χ0n) is 10.7. The predicted molar refractivity (Wildman–Crippen MR) is 72.9 cm³/mol. The molecule has 1 atom stereocenters. The minimum absolute atomic E-state index is 0.0467. The van der Waals surface area contributed by atoms with Crippen molar-refractivity contribution in [2.24, 2.45) is 0 Å². The van der Waals surface area contributed by atoms with Crippen LogP contribution in [0.15, 0.2) is 6.20 Å². The van der Waals surface area contributed by atoms with Gasteiger partial charge in [0.15, 0.2) is 5.13 Å². The van der Waals surface area contributed by atoms with Crippen molar-refractivity contribution in [1.29, 1.82) is 0 Å². The van der Waals surface area contributed by atoms with Crippen LogP contribution in [0, 0.1) is 11.8 Å². The number of hydrogen-bond donors (Lipinski definition) is 2. The van der Waals surface area contributed by atoms with Crippen LogP contribution in [-0.2, 0) is 9.53 Å². The van der Waals surface area contributed by atoms with Gasteiger partial charge in [0, 0.05) is 13.0 Å². The Bertz CT molecular complexity index is 509. The molecule has 2 N–H and O–H groups in total. The highest BCUT2D eigenvalue weighted by atomic mass is 32.1. The fourth-order valence-corrected chi connectivity index (χ4v) is 2.47. The lowest BCUT2D eigenvalue weighted by atomic mass is 10.0. The normalized spacial score (nSPS) is 21.8. The first-order valence-corrected chi connectivity index (χ1v) is 6.97. The summed E-state index contributed by atoms with van der Waals surface area (Å²) in [4.78, 5) is 16.9. The van der Waals surface area contributed by atoms with Crippen molar-refractivity contribution >= 4 is 22.4 Å². The maximum atomic E-state index is 12.1. The predicted octanol–water partition coefficient (Wildman–Crippen LogP) is 1.38. The summed E-state index contributed by atoms with van der Waals surface area (Å²) in [5.41, 5.74) is -0.742. The van der Waals surface area contributed by atoms with Gasteiger partial charge < -0.3 is 9.84 Å². The lowest BCUT2D eigenvalue weighted by molar-refractivity contribution is -0.133. The van der Waals surface area contributed by atoms with Gasteiger partial charge in [0.2, 0.25) is 0 Å². The molecular formula is C13H16N2O3S. The van der Waals surface area contributed by atoms with Gasteiger partial charge in [0.1, 0.15) is 5.60 Å². The smallest absolute Gasteiger partial charge is 0.258 e. The number of thiazole rings is 1. The van der Waals surface area contributed by atoms with Gasteiger partial charge in [-0.2, -0.15) is 0 Å². The lowest BCUT2D eigenvalue weighted by Gasteiger charge is -2.20. The van der Waals surface area contributed by atoms with Gasteiger partial charge in [-0.05, 0) is 19.8 Å². The van der Waals surface area contributed by atoms with Crippen LogP contribution in [-0.4, -0.2) is 34.8 Å². The molecule has 6 heteroatoms. The lowest BCUT2D eigenvalue weighted by Crippen LogP contribution is -2.39. The Morgan fingerprint density at radius 1 is 1.74 bits per heavy atom. The van der Waals surface area contributed by atoms with E-state index in [-0.39, 0.29) is 12.5 Å². The number of rotatable bonds is 3. The van der Waals surface area contributed by atoms with Gasteiger partial charge in [0.25, 0.3) is 5.91 Å². The average molecular weight is 280 g/mol. The van der Waals surface area contributed by atoms with Crippen LogP contribution < -0.4 is 5.32 Å². The molecule has 1 saturated heterocycles. The first kappa shape index (κ1) is 14.0. The molecule has 1 amide bonds. The third-order valence-corrected chi connectivity index (χ3v) is 3.70. The molecule has 1 unspecified atom stereocenters. The molecule has 102 valence electrons. The quantitative estimate of drug-likeness (QED) is 0.821. The standard InChI is InChI=1S/C13H16N2O3S/c1-13(6-4-8-18-13)11(17)15-12-14-9-10(19-12)5-2-3-7-16/h9,16H,3-4,6-8H2,1H3,(H,14,15,17). The average Bonchev–Trinajstić information content (AvgIpc) is 3.00. The molecule has 0 aliphatic carbocycles. The number of anilines is 1. The number of aliphatic hydroxyl groups excluding tert-OH is 1. The Kier molecular flexibility index (Phi) is 4.53. The zero-order chi connectivity index (χ0) is 13.7. The minimum Gasteiger partial charge on any atom is -0.395 e. The number of aliphatic hydroxyl groups is 1. The van der Waals surface area contributed by atoms with E-state index in [2.05, 4.69) is 22.1 Å². The molecule has 1 aliphatic heterocycles. The van der Waals surface area contributed by atoms with E-state index in [0.29, 0.717) is 18.2 Å². The van der Waals surface area contributed by atoms with Gasteiger partial charge >= 0.3 is 0 Å². The maximum absolute atomic E-state index is 12.1. The van der Waals surface area contributed by atoms with E-state index in [4.69, 9.17) is 9.84 Å². The second-order valence-electron chi connectivity index (χ2n) is 4.44. The van der Waals surface area contributed by atoms with Crippen molar-refractivity contribution in [2.75, 3.05) is 18.5 Å². The fraction of sp³-hybridized carbons (Fsp3) is 0.538. The molecule has 19 heavy (non-hydrogen) atoms. The number of nitrogens with one attached hydrogen (secondary N) is 1. The Hall–Kier alpha value is -1.42. The number of carbonyl (C=O) groups excluding carboxylic acids is 1. The van der Waals surface area contributed by atoms with E-state index < -0.39 is 5.60 Å². The Morgan fingerprint density at radius 2 is 2.58 bits per heavy atom. The molecule has 2 heterocycles. The number of carbonyl (C=O) groups is 1. The third-order valence-electron chi connectivity index (χ3n) is 2.87. The maximum Gasteiger partial charge on any atom is 0.258 e. The monoisotopic (exact) mass is 280 g/mol. The van der Waals surface area contributed by atoms with E-state index in [0.717, 1.165) is 17.7 Å². The molecule has 0 bridgehead atoms. The second kappa shape index (κ2) is 6.15. The summed E-state index contributed by atoms with van der Waals surface area (Å²) >= 11 is 1.32. The molecule has 1 aliphatic rings.